The minimum Gasteiger partial charge on any atom is -0.442 e. The normalized spacial score (nSPS) is 37.9. The highest BCUT2D eigenvalue weighted by molar-refractivity contribution is 5.79. The Morgan fingerprint density at radius 3 is 2.21 bits per heavy atom. The fraction of sp³-hybridized carbons (Fsp3) is 0.667. The molecular weight excluding hydrogens is 364 g/mol. The van der Waals surface area contributed by atoms with Gasteiger partial charge in [0.15, 0.2) is 0 Å². The zero-order valence-electron chi connectivity index (χ0n) is 17.5. The minimum absolute atomic E-state index is 0.0157. The molecule has 1 heterocycles. The van der Waals surface area contributed by atoms with Crippen LogP contribution in [0.4, 0.5) is 4.79 Å². The Bertz CT molecular complexity index is 757. The zero-order valence-corrected chi connectivity index (χ0v) is 17.5. The van der Waals surface area contributed by atoms with Gasteiger partial charge in [-0.1, -0.05) is 37.3 Å². The molecule has 1 aliphatic heterocycles. The summed E-state index contributed by atoms with van der Waals surface area (Å²) in [5.74, 6) is 4.01. The summed E-state index contributed by atoms with van der Waals surface area (Å²) in [6, 6.07) is 10.9. The van der Waals surface area contributed by atoms with Gasteiger partial charge in [0.1, 0.15) is 6.10 Å². The van der Waals surface area contributed by atoms with Gasteiger partial charge < -0.3 is 15.0 Å². The molecule has 6 rings (SSSR count). The van der Waals surface area contributed by atoms with Crippen molar-refractivity contribution < 1.29 is 14.3 Å². The lowest BCUT2D eigenvalue weighted by atomic mass is 9.41. The molecule has 0 atom stereocenters. The molecular formula is C24H32N2O3. The van der Waals surface area contributed by atoms with E-state index in [-0.39, 0.29) is 17.4 Å². The molecule has 0 unspecified atom stereocenters. The van der Waals surface area contributed by atoms with Crippen LogP contribution in [0.15, 0.2) is 30.3 Å². The number of rotatable bonds is 4. The number of carbonyl (C=O) groups excluding carboxylic acids is 2. The molecule has 0 radical (unpaired) electrons. The Morgan fingerprint density at radius 2 is 1.66 bits per heavy atom. The molecule has 0 spiro atoms. The summed E-state index contributed by atoms with van der Waals surface area (Å²) >= 11 is 0. The fourth-order valence-corrected chi connectivity index (χ4v) is 7.16. The van der Waals surface area contributed by atoms with Crippen LogP contribution in [-0.2, 0) is 14.9 Å². The quantitative estimate of drug-likeness (QED) is 0.846. The van der Waals surface area contributed by atoms with E-state index in [9.17, 15) is 9.59 Å². The zero-order chi connectivity index (χ0) is 20.2. The predicted octanol–water partition coefficient (Wildman–Crippen LogP) is 3.58. The summed E-state index contributed by atoms with van der Waals surface area (Å²) in [6.45, 7) is 3.50. The molecule has 4 aliphatic carbocycles. The molecule has 0 aromatic heterocycles. The lowest BCUT2D eigenvalue weighted by Crippen LogP contribution is -2.61. The number of nitrogens with one attached hydrogen (secondary N) is 1. The number of ether oxygens (including phenoxy) is 1. The first-order valence-corrected chi connectivity index (χ1v) is 11.2. The van der Waals surface area contributed by atoms with E-state index >= 15 is 0 Å². The van der Waals surface area contributed by atoms with Crippen molar-refractivity contribution in [2.24, 2.45) is 29.6 Å². The summed E-state index contributed by atoms with van der Waals surface area (Å²) in [5.41, 5.74) is 1.35. The lowest BCUT2D eigenvalue weighted by molar-refractivity contribution is -0.151. The summed E-state index contributed by atoms with van der Waals surface area (Å²) in [5, 5.41) is 2.48. The number of alkyl carbamates (subject to hydrolysis) is 1. The molecule has 2 amide bonds. The second kappa shape index (κ2) is 7.03. The van der Waals surface area contributed by atoms with E-state index in [4.69, 9.17) is 4.74 Å². The topological polar surface area (TPSA) is 58.6 Å². The van der Waals surface area contributed by atoms with Gasteiger partial charge in [-0.25, -0.2) is 4.79 Å². The maximum Gasteiger partial charge on any atom is 0.407 e. The third-order valence-electron chi connectivity index (χ3n) is 8.73. The van der Waals surface area contributed by atoms with E-state index < -0.39 is 6.09 Å². The minimum atomic E-state index is -0.419. The van der Waals surface area contributed by atoms with Crippen LogP contribution in [0, 0.1) is 29.6 Å². The summed E-state index contributed by atoms with van der Waals surface area (Å²) in [6.07, 6.45) is 5.12. The van der Waals surface area contributed by atoms with Gasteiger partial charge in [0.25, 0.3) is 0 Å². The van der Waals surface area contributed by atoms with Crippen molar-refractivity contribution >= 4 is 12.0 Å². The largest absolute Gasteiger partial charge is 0.442 e. The van der Waals surface area contributed by atoms with Gasteiger partial charge in [-0.15, -0.1) is 0 Å². The van der Waals surface area contributed by atoms with Crippen LogP contribution in [-0.4, -0.2) is 43.1 Å². The molecule has 1 aromatic rings. The third kappa shape index (κ3) is 2.96. The number of nitrogens with zero attached hydrogens (tertiary/aromatic N) is 1. The Kier molecular flexibility index (Phi) is 4.60. The molecule has 29 heavy (non-hydrogen) atoms. The third-order valence-corrected chi connectivity index (χ3v) is 8.73. The molecule has 5 heteroatoms. The van der Waals surface area contributed by atoms with Crippen molar-refractivity contribution in [3.8, 4) is 0 Å². The van der Waals surface area contributed by atoms with E-state index in [1.807, 2.05) is 4.90 Å². The van der Waals surface area contributed by atoms with Gasteiger partial charge in [0, 0.05) is 18.9 Å². The number of likely N-dealkylation sites (tertiary alicyclic amines) is 1. The maximum atomic E-state index is 13.3. The Labute approximate surface area is 173 Å². The first-order valence-electron chi connectivity index (χ1n) is 11.2. The average molecular weight is 397 g/mol. The highest BCUT2D eigenvalue weighted by Gasteiger charge is 2.60. The monoisotopic (exact) mass is 396 g/mol. The van der Waals surface area contributed by atoms with Crippen molar-refractivity contribution in [2.75, 3.05) is 20.1 Å². The van der Waals surface area contributed by atoms with Crippen LogP contribution in [0.3, 0.4) is 0 Å². The van der Waals surface area contributed by atoms with E-state index in [0.717, 1.165) is 17.8 Å². The summed E-state index contributed by atoms with van der Waals surface area (Å²) in [7, 11) is 1.56. The van der Waals surface area contributed by atoms with E-state index in [1.54, 1.807) is 7.05 Å². The predicted molar refractivity (Wildman–Crippen MR) is 110 cm³/mol. The first kappa shape index (κ1) is 19.0. The molecule has 156 valence electrons. The SMILES string of the molecule is CNC(=O)OC1CN(C(=O)CC2(c3ccccc3)C3CC4CC2CC(C3)C4C)C1. The second-order valence-electron chi connectivity index (χ2n) is 9.88. The second-order valence-corrected chi connectivity index (χ2v) is 9.88. The van der Waals surface area contributed by atoms with E-state index in [2.05, 4.69) is 42.6 Å². The summed E-state index contributed by atoms with van der Waals surface area (Å²) in [4.78, 5) is 26.6. The molecule has 4 saturated carbocycles. The standard InChI is InChI=1S/C24H32N2O3/c1-15-16-8-19-10-17(15)11-20(9-16)24(19,18-6-4-3-5-7-18)12-22(27)26-13-21(14-26)29-23(28)25-2/h3-7,15-17,19-21H,8-14H2,1-2H3,(H,25,28). The van der Waals surface area contributed by atoms with Crippen molar-refractivity contribution in [3.05, 3.63) is 35.9 Å². The number of carbonyl (C=O) groups is 2. The van der Waals surface area contributed by atoms with Crippen molar-refractivity contribution in [3.63, 3.8) is 0 Å². The molecule has 5 aliphatic rings. The van der Waals surface area contributed by atoms with E-state index in [0.29, 0.717) is 31.3 Å². The lowest BCUT2D eigenvalue weighted by Gasteiger charge is -2.64. The molecule has 5 fully saturated rings. The summed E-state index contributed by atoms with van der Waals surface area (Å²) < 4.78 is 5.28. The number of benzene rings is 1. The molecule has 1 aromatic carbocycles. The van der Waals surface area contributed by atoms with E-state index in [1.165, 1.54) is 31.2 Å². The molecule has 5 nitrogen and oxygen atoms in total. The average Bonchev–Trinajstić information content (AvgIpc) is 2.69. The highest BCUT2D eigenvalue weighted by atomic mass is 16.6. The van der Waals surface area contributed by atoms with Crippen LogP contribution in [0.5, 0.6) is 0 Å². The molecule has 1 saturated heterocycles. The van der Waals surface area contributed by atoms with Crippen molar-refractivity contribution in [1.29, 1.82) is 0 Å². The van der Waals surface area contributed by atoms with Crippen LogP contribution >= 0.6 is 0 Å². The van der Waals surface area contributed by atoms with Gasteiger partial charge in [0.05, 0.1) is 13.1 Å². The van der Waals surface area contributed by atoms with Gasteiger partial charge >= 0.3 is 6.09 Å². The van der Waals surface area contributed by atoms with Crippen LogP contribution in [0.2, 0.25) is 0 Å². The Balaban J connectivity index is 1.37. The Hall–Kier alpha value is -2.04. The van der Waals surface area contributed by atoms with Gasteiger partial charge in [0.2, 0.25) is 5.91 Å². The number of amides is 2. The van der Waals surface area contributed by atoms with Crippen LogP contribution in [0.1, 0.15) is 44.6 Å². The number of hydrogen-bond donors (Lipinski definition) is 1. The number of hydrogen-bond acceptors (Lipinski definition) is 3. The smallest absolute Gasteiger partial charge is 0.407 e. The van der Waals surface area contributed by atoms with Crippen molar-refractivity contribution in [2.45, 2.75) is 50.5 Å². The first-order chi connectivity index (χ1) is 14.0. The van der Waals surface area contributed by atoms with Crippen molar-refractivity contribution in [1.82, 2.24) is 10.2 Å². The maximum absolute atomic E-state index is 13.3. The van der Waals surface area contributed by atoms with Gasteiger partial charge in [-0.05, 0) is 60.8 Å². The molecule has 1 N–H and O–H groups in total. The van der Waals surface area contributed by atoms with Crippen LogP contribution < -0.4 is 5.32 Å². The molecule has 4 bridgehead atoms. The highest BCUT2D eigenvalue weighted by Crippen LogP contribution is 2.65. The van der Waals surface area contributed by atoms with Gasteiger partial charge in [-0.3, -0.25) is 4.79 Å². The fourth-order valence-electron chi connectivity index (χ4n) is 7.16. The van der Waals surface area contributed by atoms with Gasteiger partial charge in [-0.2, -0.15) is 0 Å². The Morgan fingerprint density at radius 1 is 1.07 bits per heavy atom. The van der Waals surface area contributed by atoms with Crippen LogP contribution in [0.25, 0.3) is 0 Å².